The number of allylic oxidation sites excluding steroid dienone is 2. The fourth-order valence-electron chi connectivity index (χ4n) is 1.11. The zero-order valence-corrected chi connectivity index (χ0v) is 9.28. The summed E-state index contributed by atoms with van der Waals surface area (Å²) in [5, 5.41) is 11.2. The van der Waals surface area contributed by atoms with Crippen molar-refractivity contribution in [3.05, 3.63) is 24.4 Å². The molecule has 2 N–H and O–H groups in total. The van der Waals surface area contributed by atoms with E-state index in [9.17, 15) is 9.59 Å². The van der Waals surface area contributed by atoms with E-state index in [1.165, 1.54) is 6.92 Å². The van der Waals surface area contributed by atoms with Crippen LogP contribution in [0.2, 0.25) is 0 Å². The monoisotopic (exact) mass is 211 g/mol. The lowest BCUT2D eigenvalue weighted by molar-refractivity contribution is -0.131. The van der Waals surface area contributed by atoms with Crippen molar-refractivity contribution in [2.75, 3.05) is 0 Å². The zero-order chi connectivity index (χ0) is 12.0. The van der Waals surface area contributed by atoms with Crippen molar-refractivity contribution >= 4 is 11.9 Å². The average Bonchev–Trinajstić information content (AvgIpc) is 2.13. The number of carboxylic acids is 1. The molecule has 4 nitrogen and oxygen atoms in total. The third-order valence-electron chi connectivity index (χ3n) is 2.25. The SMILES string of the molecule is C=C[C@@H](C)[C@@H](C)/C(=C/C(=O)O)NC(C)=O. The van der Waals surface area contributed by atoms with Gasteiger partial charge in [-0.15, -0.1) is 6.58 Å². The number of carbonyl (C=O) groups excluding carboxylic acids is 1. The number of carboxylic acid groups (broad SMARTS) is 1. The van der Waals surface area contributed by atoms with E-state index in [0.717, 1.165) is 6.08 Å². The molecule has 4 heteroatoms. The second-order valence-electron chi connectivity index (χ2n) is 3.50. The van der Waals surface area contributed by atoms with Gasteiger partial charge in [0.05, 0.1) is 0 Å². The molecular formula is C11H17NO3. The maximum Gasteiger partial charge on any atom is 0.330 e. The lowest BCUT2D eigenvalue weighted by Gasteiger charge is -2.19. The Labute approximate surface area is 89.7 Å². The summed E-state index contributed by atoms with van der Waals surface area (Å²) >= 11 is 0. The predicted octanol–water partition coefficient (Wildman–Crippen LogP) is 1.55. The first-order valence-corrected chi connectivity index (χ1v) is 4.73. The number of rotatable bonds is 5. The number of carbonyl (C=O) groups is 2. The summed E-state index contributed by atoms with van der Waals surface area (Å²) in [6.07, 6.45) is 2.74. The van der Waals surface area contributed by atoms with Crippen LogP contribution in [0, 0.1) is 11.8 Å². The Balaban J connectivity index is 4.84. The van der Waals surface area contributed by atoms with E-state index < -0.39 is 5.97 Å². The van der Waals surface area contributed by atoms with Crippen LogP contribution in [0.15, 0.2) is 24.4 Å². The molecule has 15 heavy (non-hydrogen) atoms. The smallest absolute Gasteiger partial charge is 0.330 e. The van der Waals surface area contributed by atoms with Gasteiger partial charge in [0.25, 0.3) is 0 Å². The van der Waals surface area contributed by atoms with Gasteiger partial charge in [-0.2, -0.15) is 0 Å². The first kappa shape index (κ1) is 13.4. The van der Waals surface area contributed by atoms with Gasteiger partial charge in [0.15, 0.2) is 0 Å². The molecule has 0 unspecified atom stereocenters. The van der Waals surface area contributed by atoms with E-state index in [-0.39, 0.29) is 17.7 Å². The van der Waals surface area contributed by atoms with Gasteiger partial charge in [0.2, 0.25) is 5.91 Å². The molecule has 0 aliphatic rings. The summed E-state index contributed by atoms with van der Waals surface area (Å²) in [6, 6.07) is 0. The van der Waals surface area contributed by atoms with Crippen molar-refractivity contribution in [3.63, 3.8) is 0 Å². The Morgan fingerprint density at radius 3 is 2.27 bits per heavy atom. The minimum absolute atomic E-state index is 0.0810. The molecule has 0 aliphatic carbocycles. The second-order valence-corrected chi connectivity index (χ2v) is 3.50. The highest BCUT2D eigenvalue weighted by atomic mass is 16.4. The lowest BCUT2D eigenvalue weighted by atomic mass is 9.92. The molecule has 0 saturated heterocycles. The minimum atomic E-state index is -1.07. The summed E-state index contributed by atoms with van der Waals surface area (Å²) in [7, 11) is 0. The van der Waals surface area contributed by atoms with Gasteiger partial charge in [0, 0.05) is 24.6 Å². The molecule has 0 heterocycles. The standard InChI is InChI=1S/C11H17NO3/c1-5-7(2)8(3)10(6-11(14)15)12-9(4)13/h5-8H,1H2,2-4H3,(H,12,13)(H,14,15)/b10-6-/t7-,8-/m1/s1. The van der Waals surface area contributed by atoms with Crippen LogP contribution >= 0.6 is 0 Å². The average molecular weight is 211 g/mol. The fourth-order valence-corrected chi connectivity index (χ4v) is 1.11. The molecule has 2 atom stereocenters. The molecule has 0 aromatic heterocycles. The number of hydrogen-bond donors (Lipinski definition) is 2. The molecule has 1 amide bonds. The number of amides is 1. The molecule has 0 aliphatic heterocycles. The van der Waals surface area contributed by atoms with Crippen molar-refractivity contribution in [2.45, 2.75) is 20.8 Å². The van der Waals surface area contributed by atoms with Gasteiger partial charge >= 0.3 is 5.97 Å². The van der Waals surface area contributed by atoms with E-state index in [1.54, 1.807) is 6.08 Å². The highest BCUT2D eigenvalue weighted by Crippen LogP contribution is 2.18. The second kappa shape index (κ2) is 6.01. The number of nitrogens with one attached hydrogen (secondary N) is 1. The van der Waals surface area contributed by atoms with Crippen LogP contribution in [0.25, 0.3) is 0 Å². The highest BCUT2D eigenvalue weighted by molar-refractivity contribution is 5.83. The van der Waals surface area contributed by atoms with E-state index in [1.807, 2.05) is 13.8 Å². The number of hydrogen-bond acceptors (Lipinski definition) is 2. The lowest BCUT2D eigenvalue weighted by Crippen LogP contribution is -2.27. The molecule has 0 saturated carbocycles. The van der Waals surface area contributed by atoms with Crippen molar-refractivity contribution in [2.24, 2.45) is 11.8 Å². The van der Waals surface area contributed by atoms with Crippen molar-refractivity contribution in [3.8, 4) is 0 Å². The van der Waals surface area contributed by atoms with Gasteiger partial charge < -0.3 is 10.4 Å². The molecule has 0 rings (SSSR count). The maximum absolute atomic E-state index is 10.9. The van der Waals surface area contributed by atoms with Crippen molar-refractivity contribution in [1.29, 1.82) is 0 Å². The first-order valence-electron chi connectivity index (χ1n) is 4.73. The summed E-state index contributed by atoms with van der Waals surface area (Å²) in [6.45, 7) is 8.74. The van der Waals surface area contributed by atoms with E-state index in [4.69, 9.17) is 5.11 Å². The molecule has 0 bridgehead atoms. The molecule has 84 valence electrons. The third-order valence-corrected chi connectivity index (χ3v) is 2.25. The Morgan fingerprint density at radius 1 is 1.40 bits per heavy atom. The normalized spacial score (nSPS) is 15.3. The summed E-state index contributed by atoms with van der Waals surface area (Å²) in [5.41, 5.74) is 0.405. The Morgan fingerprint density at radius 2 is 1.93 bits per heavy atom. The maximum atomic E-state index is 10.9. The van der Waals surface area contributed by atoms with Gasteiger partial charge in [0.1, 0.15) is 0 Å². The largest absolute Gasteiger partial charge is 0.478 e. The summed E-state index contributed by atoms with van der Waals surface area (Å²) in [4.78, 5) is 21.4. The molecular weight excluding hydrogens is 194 g/mol. The zero-order valence-electron chi connectivity index (χ0n) is 9.28. The van der Waals surface area contributed by atoms with Gasteiger partial charge in [-0.05, 0) is 5.92 Å². The molecule has 0 aromatic carbocycles. The molecule has 0 spiro atoms. The van der Waals surface area contributed by atoms with Crippen LogP contribution in [0.3, 0.4) is 0 Å². The molecule has 0 radical (unpaired) electrons. The van der Waals surface area contributed by atoms with E-state index in [0.29, 0.717) is 5.70 Å². The van der Waals surface area contributed by atoms with Gasteiger partial charge in [-0.25, -0.2) is 4.79 Å². The topological polar surface area (TPSA) is 66.4 Å². The van der Waals surface area contributed by atoms with Crippen LogP contribution in [0.4, 0.5) is 0 Å². The Kier molecular flexibility index (Phi) is 5.37. The van der Waals surface area contributed by atoms with Crippen LogP contribution < -0.4 is 5.32 Å². The summed E-state index contributed by atoms with van der Waals surface area (Å²) in [5.74, 6) is -1.32. The van der Waals surface area contributed by atoms with Crippen molar-refractivity contribution in [1.82, 2.24) is 5.32 Å². The highest BCUT2D eigenvalue weighted by Gasteiger charge is 2.16. The van der Waals surface area contributed by atoms with Gasteiger partial charge in [-0.3, -0.25) is 4.79 Å². The van der Waals surface area contributed by atoms with Crippen LogP contribution in [0.1, 0.15) is 20.8 Å². The quantitative estimate of drug-likeness (QED) is 0.535. The predicted molar refractivity (Wildman–Crippen MR) is 58.1 cm³/mol. The van der Waals surface area contributed by atoms with Gasteiger partial charge in [-0.1, -0.05) is 19.9 Å². The first-order chi connectivity index (χ1) is 6.88. The fraction of sp³-hybridized carbons (Fsp3) is 0.455. The Hall–Kier alpha value is -1.58. The van der Waals surface area contributed by atoms with Crippen LogP contribution in [0.5, 0.6) is 0 Å². The molecule has 0 aromatic rings. The molecule has 0 fully saturated rings. The van der Waals surface area contributed by atoms with E-state index >= 15 is 0 Å². The summed E-state index contributed by atoms with van der Waals surface area (Å²) < 4.78 is 0. The van der Waals surface area contributed by atoms with Crippen LogP contribution in [-0.4, -0.2) is 17.0 Å². The minimum Gasteiger partial charge on any atom is -0.478 e. The van der Waals surface area contributed by atoms with Crippen molar-refractivity contribution < 1.29 is 14.7 Å². The van der Waals surface area contributed by atoms with Crippen LogP contribution in [-0.2, 0) is 9.59 Å². The third kappa shape index (κ3) is 5.00. The number of aliphatic carboxylic acids is 1. The Bertz CT molecular complexity index is 294. The van der Waals surface area contributed by atoms with E-state index in [2.05, 4.69) is 11.9 Å².